The molecular weight excluding hydrogens is 320 g/mol. The van der Waals surface area contributed by atoms with Gasteiger partial charge >= 0.3 is 6.18 Å². The van der Waals surface area contributed by atoms with Crippen LogP contribution >= 0.6 is 0 Å². The summed E-state index contributed by atoms with van der Waals surface area (Å²) in [5.74, 6) is 0.172. The second kappa shape index (κ2) is 6.31. The number of nitrogens with zero attached hydrogens (tertiary/aromatic N) is 1. The van der Waals surface area contributed by atoms with Gasteiger partial charge in [-0.2, -0.15) is 13.2 Å². The monoisotopic (exact) mass is 332 g/mol. The lowest BCUT2D eigenvalue weighted by molar-refractivity contribution is -0.137. The van der Waals surface area contributed by atoms with E-state index in [0.717, 1.165) is 12.1 Å². The lowest BCUT2D eigenvalue weighted by Crippen LogP contribution is -2.04. The van der Waals surface area contributed by atoms with Crippen molar-refractivity contribution < 1.29 is 17.6 Å². The molecule has 2 nitrogen and oxygen atoms in total. The lowest BCUT2D eigenvalue weighted by atomic mass is 10.1. The molecule has 3 aromatic rings. The van der Waals surface area contributed by atoms with Crippen LogP contribution in [0.4, 0.5) is 29.1 Å². The molecule has 0 fully saturated rings. The van der Waals surface area contributed by atoms with Gasteiger partial charge in [-0.15, -0.1) is 0 Å². The molecule has 0 aliphatic carbocycles. The highest BCUT2D eigenvalue weighted by Crippen LogP contribution is 2.31. The van der Waals surface area contributed by atoms with Gasteiger partial charge in [0.15, 0.2) is 0 Å². The largest absolute Gasteiger partial charge is 0.416 e. The topological polar surface area (TPSA) is 24.9 Å². The quantitative estimate of drug-likeness (QED) is 0.627. The van der Waals surface area contributed by atoms with Crippen LogP contribution in [-0.2, 0) is 6.18 Å². The van der Waals surface area contributed by atoms with Crippen molar-refractivity contribution in [1.29, 1.82) is 0 Å². The number of nitrogens with one attached hydrogen (secondary N) is 1. The van der Waals surface area contributed by atoms with Gasteiger partial charge in [0.1, 0.15) is 11.6 Å². The highest BCUT2D eigenvalue weighted by atomic mass is 19.4. The van der Waals surface area contributed by atoms with Gasteiger partial charge in [0.25, 0.3) is 0 Å². The summed E-state index contributed by atoms with van der Waals surface area (Å²) in [4.78, 5) is 4.37. The van der Waals surface area contributed by atoms with Crippen molar-refractivity contribution in [3.63, 3.8) is 0 Å². The molecular formula is C18H12F4N2. The number of benzene rings is 2. The number of rotatable bonds is 3. The van der Waals surface area contributed by atoms with Gasteiger partial charge in [0, 0.05) is 11.3 Å². The van der Waals surface area contributed by atoms with E-state index in [4.69, 9.17) is 0 Å². The molecule has 0 radical (unpaired) electrons. The summed E-state index contributed by atoms with van der Waals surface area (Å²) in [6.45, 7) is 0. The normalized spacial score (nSPS) is 11.3. The van der Waals surface area contributed by atoms with Crippen LogP contribution in [0.5, 0.6) is 0 Å². The molecule has 0 spiro atoms. The smallest absolute Gasteiger partial charge is 0.340 e. The first-order valence-corrected chi connectivity index (χ1v) is 7.09. The van der Waals surface area contributed by atoms with Gasteiger partial charge in [-0.05, 0) is 48.5 Å². The fraction of sp³-hybridized carbons (Fsp3) is 0.0556. The van der Waals surface area contributed by atoms with Crippen LogP contribution in [-0.4, -0.2) is 4.98 Å². The predicted octanol–water partition coefficient (Wildman–Crippen LogP) is 5.65. The number of anilines is 2. The van der Waals surface area contributed by atoms with Crippen molar-refractivity contribution in [3.05, 3.63) is 78.1 Å². The van der Waals surface area contributed by atoms with Crippen LogP contribution in [0.15, 0.2) is 66.7 Å². The number of aromatic nitrogens is 1. The van der Waals surface area contributed by atoms with Crippen LogP contribution in [0, 0.1) is 5.82 Å². The van der Waals surface area contributed by atoms with Crippen LogP contribution in [0.25, 0.3) is 11.3 Å². The summed E-state index contributed by atoms with van der Waals surface area (Å²) in [6, 6.07) is 15.8. The molecule has 0 amide bonds. The van der Waals surface area contributed by atoms with Gasteiger partial charge in [-0.3, -0.25) is 0 Å². The Hall–Kier alpha value is -2.89. The number of pyridine rings is 1. The maximum Gasteiger partial charge on any atom is 0.416 e. The number of alkyl halides is 3. The number of hydrogen-bond acceptors (Lipinski definition) is 2. The standard InChI is InChI=1S/C18H12F4N2/c19-14-8-10-15(11-9-14)23-17-3-1-2-16(24-17)12-4-6-13(7-5-12)18(20,21)22/h1-11H,(H,23,24). The van der Waals surface area contributed by atoms with Crippen molar-refractivity contribution in [1.82, 2.24) is 4.98 Å². The second-order valence-electron chi connectivity index (χ2n) is 5.12. The van der Waals surface area contributed by atoms with E-state index in [1.165, 1.54) is 24.3 Å². The molecule has 0 aliphatic rings. The maximum atomic E-state index is 12.9. The molecule has 0 saturated carbocycles. The lowest BCUT2D eigenvalue weighted by Gasteiger charge is -2.09. The molecule has 1 N–H and O–H groups in total. The average molecular weight is 332 g/mol. The van der Waals surface area contributed by atoms with E-state index in [2.05, 4.69) is 10.3 Å². The van der Waals surface area contributed by atoms with E-state index in [1.807, 2.05) is 0 Å². The zero-order valence-electron chi connectivity index (χ0n) is 12.3. The molecule has 24 heavy (non-hydrogen) atoms. The van der Waals surface area contributed by atoms with Crippen LogP contribution in [0.2, 0.25) is 0 Å². The molecule has 0 aliphatic heterocycles. The van der Waals surface area contributed by atoms with Gasteiger partial charge in [-0.1, -0.05) is 18.2 Å². The summed E-state index contributed by atoms with van der Waals surface area (Å²) >= 11 is 0. The molecule has 2 aromatic carbocycles. The average Bonchev–Trinajstić information content (AvgIpc) is 2.57. The van der Waals surface area contributed by atoms with Crippen molar-refractivity contribution in [2.24, 2.45) is 0 Å². The first kappa shape index (κ1) is 16.0. The zero-order chi connectivity index (χ0) is 17.2. The van der Waals surface area contributed by atoms with Crippen molar-refractivity contribution in [2.75, 3.05) is 5.32 Å². The predicted molar refractivity (Wildman–Crippen MR) is 84.4 cm³/mol. The summed E-state index contributed by atoms with van der Waals surface area (Å²) in [5, 5.41) is 3.02. The van der Waals surface area contributed by atoms with Crippen LogP contribution in [0.3, 0.4) is 0 Å². The first-order chi connectivity index (χ1) is 11.4. The Balaban J connectivity index is 1.83. The molecule has 0 saturated heterocycles. The second-order valence-corrected chi connectivity index (χ2v) is 5.12. The molecule has 0 atom stereocenters. The summed E-state index contributed by atoms with van der Waals surface area (Å²) < 4.78 is 50.7. The van der Waals surface area contributed by atoms with E-state index >= 15 is 0 Å². The zero-order valence-corrected chi connectivity index (χ0v) is 12.3. The minimum absolute atomic E-state index is 0.341. The minimum Gasteiger partial charge on any atom is -0.340 e. The molecule has 1 aromatic heterocycles. The van der Waals surface area contributed by atoms with Crippen molar-refractivity contribution >= 4 is 11.5 Å². The van der Waals surface area contributed by atoms with E-state index < -0.39 is 11.7 Å². The Morgan fingerprint density at radius 2 is 1.46 bits per heavy atom. The van der Waals surface area contributed by atoms with E-state index in [0.29, 0.717) is 22.8 Å². The Morgan fingerprint density at radius 3 is 2.08 bits per heavy atom. The molecule has 1 heterocycles. The van der Waals surface area contributed by atoms with Gasteiger partial charge in [0.2, 0.25) is 0 Å². The molecule has 6 heteroatoms. The third-order valence-electron chi connectivity index (χ3n) is 3.37. The Kier molecular flexibility index (Phi) is 4.20. The maximum absolute atomic E-state index is 12.9. The third-order valence-corrected chi connectivity index (χ3v) is 3.37. The van der Waals surface area contributed by atoms with Gasteiger partial charge in [-0.25, -0.2) is 9.37 Å². The van der Waals surface area contributed by atoms with Crippen molar-refractivity contribution in [2.45, 2.75) is 6.18 Å². The first-order valence-electron chi connectivity index (χ1n) is 7.09. The highest BCUT2D eigenvalue weighted by molar-refractivity contribution is 5.64. The molecule has 122 valence electrons. The van der Waals surface area contributed by atoms with Gasteiger partial charge in [0.05, 0.1) is 11.3 Å². The van der Waals surface area contributed by atoms with E-state index in [-0.39, 0.29) is 5.82 Å². The Labute approximate surface area is 135 Å². The summed E-state index contributed by atoms with van der Waals surface area (Å²) in [7, 11) is 0. The minimum atomic E-state index is -4.36. The number of hydrogen-bond donors (Lipinski definition) is 1. The van der Waals surface area contributed by atoms with Crippen LogP contribution < -0.4 is 5.32 Å². The summed E-state index contributed by atoms with van der Waals surface area (Å²) in [6.07, 6.45) is -4.36. The Morgan fingerprint density at radius 1 is 0.792 bits per heavy atom. The highest BCUT2D eigenvalue weighted by Gasteiger charge is 2.29. The Bertz CT molecular complexity index is 825. The third kappa shape index (κ3) is 3.71. The SMILES string of the molecule is Fc1ccc(Nc2cccc(-c3ccc(C(F)(F)F)cc3)n2)cc1. The molecule has 0 bridgehead atoms. The van der Waals surface area contributed by atoms with E-state index in [9.17, 15) is 17.6 Å². The van der Waals surface area contributed by atoms with E-state index in [1.54, 1.807) is 30.3 Å². The summed E-state index contributed by atoms with van der Waals surface area (Å²) in [5.41, 5.74) is 1.07. The number of halogens is 4. The fourth-order valence-electron chi connectivity index (χ4n) is 2.18. The van der Waals surface area contributed by atoms with Gasteiger partial charge < -0.3 is 5.32 Å². The van der Waals surface area contributed by atoms with Crippen molar-refractivity contribution in [3.8, 4) is 11.3 Å². The molecule has 3 rings (SSSR count). The molecule has 0 unspecified atom stereocenters. The van der Waals surface area contributed by atoms with Crippen LogP contribution in [0.1, 0.15) is 5.56 Å². The fourth-order valence-corrected chi connectivity index (χ4v) is 2.18.